The van der Waals surface area contributed by atoms with Crippen LogP contribution >= 0.6 is 0 Å². The Bertz CT molecular complexity index is 2190. The lowest BCUT2D eigenvalue weighted by molar-refractivity contribution is 0.630. The van der Waals surface area contributed by atoms with Crippen molar-refractivity contribution in [1.29, 1.82) is 0 Å². The Hall–Kier alpha value is -4.88. The third-order valence-electron chi connectivity index (χ3n) is 9.60. The van der Waals surface area contributed by atoms with Crippen LogP contribution < -0.4 is 0 Å². The summed E-state index contributed by atoms with van der Waals surface area (Å²) in [6.07, 6.45) is 0. The van der Waals surface area contributed by atoms with Crippen molar-refractivity contribution < 1.29 is 0 Å². The van der Waals surface area contributed by atoms with Crippen LogP contribution in [-0.2, 0) is 5.41 Å². The number of aryl methyl sites for hydroxylation is 3. The maximum absolute atomic E-state index is 2.53. The summed E-state index contributed by atoms with van der Waals surface area (Å²) in [6, 6.07) is 45.7. The van der Waals surface area contributed by atoms with E-state index in [0.717, 1.165) is 0 Å². The highest BCUT2D eigenvalue weighted by atomic mass is 15.0. The molecule has 6 aromatic carbocycles. The lowest BCUT2D eigenvalue weighted by Gasteiger charge is -2.35. The van der Waals surface area contributed by atoms with Gasteiger partial charge in [-0.3, -0.25) is 0 Å². The third kappa shape index (κ3) is 3.99. The Morgan fingerprint density at radius 3 is 1.44 bits per heavy atom. The van der Waals surface area contributed by atoms with Crippen LogP contribution in [0.1, 0.15) is 41.7 Å². The fourth-order valence-corrected chi connectivity index (χ4v) is 7.02. The molecule has 0 fully saturated rings. The largest absolute Gasteiger partial charge is 0.309 e. The number of hydrogen-bond donors (Lipinski definition) is 0. The molecule has 0 N–H and O–H groups in total. The van der Waals surface area contributed by atoms with Crippen molar-refractivity contribution in [1.82, 2.24) is 4.57 Å². The molecule has 0 radical (unpaired) electrons. The predicted molar refractivity (Wildman–Crippen MR) is 183 cm³/mol. The molecule has 0 atom stereocenters. The average Bonchev–Trinajstić information content (AvgIpc) is 3.34. The molecule has 208 valence electrons. The van der Waals surface area contributed by atoms with Gasteiger partial charge in [-0.1, -0.05) is 115 Å². The van der Waals surface area contributed by atoms with E-state index in [9.17, 15) is 0 Å². The van der Waals surface area contributed by atoms with E-state index in [1.807, 2.05) is 0 Å². The Morgan fingerprint density at radius 2 is 0.860 bits per heavy atom. The molecule has 7 aromatic rings. The second-order valence-electron chi connectivity index (χ2n) is 12.9. The van der Waals surface area contributed by atoms with Crippen molar-refractivity contribution in [2.24, 2.45) is 0 Å². The van der Waals surface area contributed by atoms with Gasteiger partial charge in [0.1, 0.15) is 0 Å². The lowest BCUT2D eigenvalue weighted by Crippen LogP contribution is -2.26. The highest BCUT2D eigenvalue weighted by Gasteiger charge is 2.36. The first-order chi connectivity index (χ1) is 20.8. The smallest absolute Gasteiger partial charge is 0.0582 e. The standard InChI is InChI=1S/C42H35N/c1-26-6-12-29(13-7-26)32-18-20-39-35(22-32)36-23-34(31-16-10-28(3)11-17-31)25-38-41(36)43(39)40-21-19-33(24-37(40)42(38,4)5)30-14-8-27(2)9-15-30/h6-25H,1-5H3. The van der Waals surface area contributed by atoms with Crippen LogP contribution in [0, 0.1) is 20.8 Å². The van der Waals surface area contributed by atoms with Crippen molar-refractivity contribution in [2.75, 3.05) is 0 Å². The van der Waals surface area contributed by atoms with Crippen LogP contribution in [0.2, 0.25) is 0 Å². The molecule has 1 aliphatic heterocycles. The molecule has 0 bridgehead atoms. The highest BCUT2D eigenvalue weighted by Crippen LogP contribution is 2.50. The number of nitrogens with zero attached hydrogens (tertiary/aromatic N) is 1. The molecule has 1 nitrogen and oxygen atoms in total. The van der Waals surface area contributed by atoms with E-state index in [0.29, 0.717) is 0 Å². The van der Waals surface area contributed by atoms with Crippen molar-refractivity contribution >= 4 is 21.8 Å². The maximum atomic E-state index is 2.53. The van der Waals surface area contributed by atoms with Gasteiger partial charge in [0.2, 0.25) is 0 Å². The second-order valence-corrected chi connectivity index (χ2v) is 12.9. The van der Waals surface area contributed by atoms with E-state index < -0.39 is 0 Å². The summed E-state index contributed by atoms with van der Waals surface area (Å²) < 4.78 is 2.53. The Morgan fingerprint density at radius 1 is 0.419 bits per heavy atom. The molecular formula is C42H35N. The van der Waals surface area contributed by atoms with Crippen LogP contribution in [0.5, 0.6) is 0 Å². The molecule has 0 spiro atoms. The highest BCUT2D eigenvalue weighted by molar-refractivity contribution is 6.14. The maximum Gasteiger partial charge on any atom is 0.0582 e. The van der Waals surface area contributed by atoms with Gasteiger partial charge in [-0.25, -0.2) is 0 Å². The fourth-order valence-electron chi connectivity index (χ4n) is 7.02. The van der Waals surface area contributed by atoms with Crippen LogP contribution in [0.4, 0.5) is 0 Å². The van der Waals surface area contributed by atoms with Crippen LogP contribution in [0.25, 0.3) is 60.9 Å². The van der Waals surface area contributed by atoms with Crippen molar-refractivity contribution in [3.63, 3.8) is 0 Å². The number of fused-ring (bicyclic) bond motifs is 5. The van der Waals surface area contributed by atoms with Gasteiger partial charge in [-0.05, 0) is 102 Å². The molecule has 0 aliphatic carbocycles. The van der Waals surface area contributed by atoms with E-state index in [4.69, 9.17) is 0 Å². The molecule has 0 amide bonds. The van der Waals surface area contributed by atoms with Gasteiger partial charge < -0.3 is 4.57 Å². The van der Waals surface area contributed by atoms with Gasteiger partial charge in [-0.15, -0.1) is 0 Å². The van der Waals surface area contributed by atoms with Gasteiger partial charge in [0, 0.05) is 16.2 Å². The molecule has 0 unspecified atom stereocenters. The van der Waals surface area contributed by atoms with Crippen LogP contribution in [0.15, 0.2) is 121 Å². The molecule has 1 heteroatoms. The molecule has 1 aliphatic rings. The number of rotatable bonds is 3. The zero-order chi connectivity index (χ0) is 29.5. The quantitative estimate of drug-likeness (QED) is 0.205. The molecule has 1 aromatic heterocycles. The Labute approximate surface area is 254 Å². The molecule has 2 heterocycles. The van der Waals surface area contributed by atoms with Crippen molar-refractivity contribution in [3.05, 3.63) is 149 Å². The van der Waals surface area contributed by atoms with Crippen molar-refractivity contribution in [2.45, 2.75) is 40.0 Å². The number of aromatic nitrogens is 1. The predicted octanol–water partition coefficient (Wildman–Crippen LogP) is 11.3. The summed E-state index contributed by atoms with van der Waals surface area (Å²) in [5, 5.41) is 2.62. The van der Waals surface area contributed by atoms with E-state index in [2.05, 4.69) is 161 Å². The fraction of sp³-hybridized carbons (Fsp3) is 0.143. The first-order valence-corrected chi connectivity index (χ1v) is 15.3. The van der Waals surface area contributed by atoms with E-state index in [-0.39, 0.29) is 5.41 Å². The SMILES string of the molecule is Cc1ccc(-c2ccc3c(c2)C(C)(C)c2cc(-c4ccc(C)cc4)cc4c5cc(-c6ccc(C)cc6)ccc5n-3c24)cc1. The summed E-state index contributed by atoms with van der Waals surface area (Å²) in [4.78, 5) is 0. The minimum absolute atomic E-state index is 0.181. The summed E-state index contributed by atoms with van der Waals surface area (Å²) in [7, 11) is 0. The van der Waals surface area contributed by atoms with Crippen LogP contribution in [-0.4, -0.2) is 4.57 Å². The van der Waals surface area contributed by atoms with E-state index in [1.165, 1.54) is 88.7 Å². The van der Waals surface area contributed by atoms with Crippen LogP contribution in [0.3, 0.4) is 0 Å². The molecule has 0 saturated heterocycles. The third-order valence-corrected chi connectivity index (χ3v) is 9.60. The van der Waals surface area contributed by atoms with Gasteiger partial charge in [0.15, 0.2) is 0 Å². The summed E-state index contributed by atoms with van der Waals surface area (Å²) in [5.41, 5.74) is 17.8. The summed E-state index contributed by atoms with van der Waals surface area (Å²) in [6.45, 7) is 11.2. The average molecular weight is 554 g/mol. The van der Waals surface area contributed by atoms with E-state index in [1.54, 1.807) is 0 Å². The zero-order valence-electron chi connectivity index (χ0n) is 25.5. The number of benzene rings is 6. The van der Waals surface area contributed by atoms with Gasteiger partial charge in [0.05, 0.1) is 16.7 Å². The molecule has 8 rings (SSSR count). The van der Waals surface area contributed by atoms with Crippen molar-refractivity contribution in [3.8, 4) is 39.1 Å². The lowest BCUT2D eigenvalue weighted by atomic mass is 9.73. The zero-order valence-corrected chi connectivity index (χ0v) is 25.5. The molecule has 43 heavy (non-hydrogen) atoms. The second kappa shape index (κ2) is 9.31. The van der Waals surface area contributed by atoms with Gasteiger partial charge in [0.25, 0.3) is 0 Å². The molecule has 0 saturated carbocycles. The molecular weight excluding hydrogens is 518 g/mol. The summed E-state index contributed by atoms with van der Waals surface area (Å²) in [5.74, 6) is 0. The normalized spacial score (nSPS) is 13.4. The first kappa shape index (κ1) is 25.8. The first-order valence-electron chi connectivity index (χ1n) is 15.3. The summed E-state index contributed by atoms with van der Waals surface area (Å²) >= 11 is 0. The van der Waals surface area contributed by atoms with Gasteiger partial charge in [-0.2, -0.15) is 0 Å². The number of hydrogen-bond acceptors (Lipinski definition) is 0. The Balaban J connectivity index is 1.44. The minimum atomic E-state index is -0.181. The topological polar surface area (TPSA) is 4.93 Å². The Kier molecular flexibility index (Phi) is 5.59. The monoisotopic (exact) mass is 553 g/mol. The minimum Gasteiger partial charge on any atom is -0.309 e. The van der Waals surface area contributed by atoms with E-state index >= 15 is 0 Å². The van der Waals surface area contributed by atoms with Gasteiger partial charge >= 0.3 is 0 Å².